The summed E-state index contributed by atoms with van der Waals surface area (Å²) in [6, 6.07) is 7.00. The molecule has 0 radical (unpaired) electrons. The van der Waals surface area contributed by atoms with Crippen LogP contribution in [0.1, 0.15) is 43.6 Å². The summed E-state index contributed by atoms with van der Waals surface area (Å²) in [5.41, 5.74) is 1.28. The van der Waals surface area contributed by atoms with Crippen LogP contribution in [0, 0.1) is 5.82 Å². The van der Waals surface area contributed by atoms with Crippen molar-refractivity contribution in [3.8, 4) is 0 Å². The Kier molecular flexibility index (Phi) is 3.79. The van der Waals surface area contributed by atoms with Gasteiger partial charge in [-0.2, -0.15) is 0 Å². The minimum absolute atomic E-state index is 0.140. The van der Waals surface area contributed by atoms with E-state index in [2.05, 4.69) is 15.9 Å². The van der Waals surface area contributed by atoms with Crippen molar-refractivity contribution in [2.24, 2.45) is 0 Å². The monoisotopic (exact) mass is 270 g/mol. The van der Waals surface area contributed by atoms with E-state index in [4.69, 9.17) is 0 Å². The Morgan fingerprint density at radius 2 is 1.67 bits per heavy atom. The van der Waals surface area contributed by atoms with Crippen molar-refractivity contribution in [1.29, 1.82) is 0 Å². The van der Waals surface area contributed by atoms with Gasteiger partial charge in [0.25, 0.3) is 0 Å². The molecule has 2 rings (SSSR count). The molecule has 1 aliphatic carbocycles. The van der Waals surface area contributed by atoms with Crippen molar-refractivity contribution in [3.05, 3.63) is 35.6 Å². The van der Waals surface area contributed by atoms with E-state index < -0.39 is 0 Å². The van der Waals surface area contributed by atoms with Gasteiger partial charge in [0.2, 0.25) is 0 Å². The number of hydrogen-bond acceptors (Lipinski definition) is 0. The lowest BCUT2D eigenvalue weighted by Gasteiger charge is -2.20. The van der Waals surface area contributed by atoms with E-state index in [0.717, 1.165) is 0 Å². The second kappa shape index (κ2) is 5.11. The van der Waals surface area contributed by atoms with Gasteiger partial charge in [-0.05, 0) is 36.5 Å². The van der Waals surface area contributed by atoms with Gasteiger partial charge in [-0.25, -0.2) is 4.39 Å². The van der Waals surface area contributed by atoms with Crippen molar-refractivity contribution < 1.29 is 4.39 Å². The molecular formula is C13H16BrF. The molecule has 0 aliphatic heterocycles. The molecule has 1 aromatic carbocycles. The molecule has 2 atom stereocenters. The van der Waals surface area contributed by atoms with E-state index >= 15 is 0 Å². The predicted molar refractivity (Wildman–Crippen MR) is 64.9 cm³/mol. The maximum atomic E-state index is 12.8. The maximum Gasteiger partial charge on any atom is 0.123 e. The average molecular weight is 271 g/mol. The molecule has 1 aromatic rings. The minimum Gasteiger partial charge on any atom is -0.207 e. The third-order valence-corrected chi connectivity index (χ3v) is 4.33. The van der Waals surface area contributed by atoms with E-state index in [0.29, 0.717) is 10.7 Å². The second-order valence-electron chi connectivity index (χ2n) is 4.31. The molecule has 0 nitrogen and oxygen atoms in total. The van der Waals surface area contributed by atoms with Gasteiger partial charge in [-0.15, -0.1) is 0 Å². The topological polar surface area (TPSA) is 0 Å². The van der Waals surface area contributed by atoms with Gasteiger partial charge in [0.05, 0.1) is 0 Å². The molecule has 0 heterocycles. The maximum absolute atomic E-state index is 12.8. The molecule has 82 valence electrons. The summed E-state index contributed by atoms with van der Waals surface area (Å²) in [6.45, 7) is 0. The average Bonchev–Trinajstić information content (AvgIpc) is 2.44. The van der Waals surface area contributed by atoms with Gasteiger partial charge in [-0.3, -0.25) is 0 Å². The first kappa shape index (κ1) is 11.1. The second-order valence-corrected chi connectivity index (χ2v) is 5.49. The third kappa shape index (κ3) is 2.81. The Morgan fingerprint density at radius 1 is 1.00 bits per heavy atom. The van der Waals surface area contributed by atoms with Crippen LogP contribution in [-0.2, 0) is 0 Å². The van der Waals surface area contributed by atoms with Gasteiger partial charge in [0, 0.05) is 4.83 Å². The highest BCUT2D eigenvalue weighted by Gasteiger charge is 2.22. The molecule has 0 bridgehead atoms. The van der Waals surface area contributed by atoms with Gasteiger partial charge in [0.15, 0.2) is 0 Å². The Labute approximate surface area is 99.0 Å². The third-order valence-electron chi connectivity index (χ3n) is 3.23. The lowest BCUT2D eigenvalue weighted by Crippen LogP contribution is -2.10. The molecule has 2 heteroatoms. The van der Waals surface area contributed by atoms with Gasteiger partial charge >= 0.3 is 0 Å². The van der Waals surface area contributed by atoms with Crippen molar-refractivity contribution in [2.75, 3.05) is 0 Å². The Balaban J connectivity index is 2.16. The summed E-state index contributed by atoms with van der Waals surface area (Å²) in [5.74, 6) is 0.423. The predicted octanol–water partition coefficient (Wildman–Crippen LogP) is 4.64. The van der Waals surface area contributed by atoms with Gasteiger partial charge < -0.3 is 0 Å². The van der Waals surface area contributed by atoms with E-state index in [1.807, 2.05) is 12.1 Å². The van der Waals surface area contributed by atoms with Crippen LogP contribution in [-0.4, -0.2) is 4.83 Å². The van der Waals surface area contributed by atoms with Crippen LogP contribution >= 0.6 is 15.9 Å². The van der Waals surface area contributed by atoms with Crippen molar-refractivity contribution >= 4 is 15.9 Å². The van der Waals surface area contributed by atoms with E-state index in [9.17, 15) is 4.39 Å². The molecule has 0 aromatic heterocycles. The standard InChI is InChI=1S/C13H16BrF/c14-13-5-3-1-2-4-12(13)10-6-8-11(15)9-7-10/h6-9,12-13H,1-5H2. The highest BCUT2D eigenvalue weighted by atomic mass is 79.9. The molecular weight excluding hydrogens is 255 g/mol. The highest BCUT2D eigenvalue weighted by molar-refractivity contribution is 9.09. The van der Waals surface area contributed by atoms with Crippen LogP contribution in [0.15, 0.2) is 24.3 Å². The first-order valence-corrected chi connectivity index (χ1v) is 6.58. The summed E-state index contributed by atoms with van der Waals surface area (Å²) in [4.78, 5) is 0.561. The largest absolute Gasteiger partial charge is 0.207 e. The number of benzene rings is 1. The fourth-order valence-corrected chi connectivity index (χ4v) is 3.24. The van der Waals surface area contributed by atoms with Crippen LogP contribution in [0.2, 0.25) is 0 Å². The number of alkyl halides is 1. The van der Waals surface area contributed by atoms with Gasteiger partial charge in [-0.1, -0.05) is 47.3 Å². The van der Waals surface area contributed by atoms with Crippen molar-refractivity contribution in [3.63, 3.8) is 0 Å². The number of halogens is 2. The Morgan fingerprint density at radius 3 is 2.40 bits per heavy atom. The fourth-order valence-electron chi connectivity index (χ4n) is 2.35. The van der Waals surface area contributed by atoms with E-state index in [1.165, 1.54) is 37.7 Å². The highest BCUT2D eigenvalue weighted by Crippen LogP contribution is 2.36. The Hall–Kier alpha value is -0.370. The molecule has 1 saturated carbocycles. The van der Waals surface area contributed by atoms with Crippen molar-refractivity contribution in [2.45, 2.75) is 42.8 Å². The number of hydrogen-bond donors (Lipinski definition) is 0. The minimum atomic E-state index is -0.140. The summed E-state index contributed by atoms with van der Waals surface area (Å²) in [7, 11) is 0. The molecule has 1 aliphatic rings. The first-order chi connectivity index (χ1) is 7.27. The Bertz CT molecular complexity index is 307. The van der Waals surface area contributed by atoms with Crippen LogP contribution < -0.4 is 0 Å². The molecule has 0 amide bonds. The molecule has 2 unspecified atom stereocenters. The first-order valence-electron chi connectivity index (χ1n) is 5.67. The zero-order valence-corrected chi connectivity index (χ0v) is 10.3. The molecule has 0 saturated heterocycles. The quantitative estimate of drug-likeness (QED) is 0.515. The lowest BCUT2D eigenvalue weighted by molar-refractivity contribution is 0.602. The van der Waals surface area contributed by atoms with E-state index in [1.54, 1.807) is 12.1 Å². The summed E-state index contributed by atoms with van der Waals surface area (Å²) < 4.78 is 12.8. The molecule has 0 spiro atoms. The van der Waals surface area contributed by atoms with Crippen LogP contribution in [0.25, 0.3) is 0 Å². The summed E-state index contributed by atoms with van der Waals surface area (Å²) in [5, 5.41) is 0. The SMILES string of the molecule is Fc1ccc(C2CCCCCC2Br)cc1. The number of rotatable bonds is 1. The van der Waals surface area contributed by atoms with Crippen LogP contribution in [0.4, 0.5) is 4.39 Å². The normalized spacial score (nSPS) is 27.3. The molecule has 15 heavy (non-hydrogen) atoms. The zero-order chi connectivity index (χ0) is 10.7. The van der Waals surface area contributed by atoms with E-state index in [-0.39, 0.29) is 5.82 Å². The fraction of sp³-hybridized carbons (Fsp3) is 0.538. The van der Waals surface area contributed by atoms with Crippen molar-refractivity contribution in [1.82, 2.24) is 0 Å². The van der Waals surface area contributed by atoms with Crippen LogP contribution in [0.3, 0.4) is 0 Å². The van der Waals surface area contributed by atoms with Crippen LogP contribution in [0.5, 0.6) is 0 Å². The summed E-state index contributed by atoms with van der Waals surface area (Å²) >= 11 is 3.77. The smallest absolute Gasteiger partial charge is 0.123 e. The summed E-state index contributed by atoms with van der Waals surface area (Å²) in [6.07, 6.45) is 6.40. The van der Waals surface area contributed by atoms with Gasteiger partial charge in [0.1, 0.15) is 5.82 Å². The molecule has 1 fully saturated rings. The zero-order valence-electron chi connectivity index (χ0n) is 8.76. The lowest BCUT2D eigenvalue weighted by atomic mass is 9.92. The molecule has 0 N–H and O–H groups in total.